The molecule has 0 spiro atoms. The van der Waals surface area contributed by atoms with Gasteiger partial charge in [0.05, 0.1) is 0 Å². The largest absolute Gasteiger partial charge is 0.454 e. The standard InChI is InChI=1S/C16H26N2O2/c1-5-6-12(2)18(4)10-14(17-3)13-7-8-15-16(9-13)20-11-19-15/h7-9,12,14,17H,5-6,10-11H2,1-4H3. The van der Waals surface area contributed by atoms with Gasteiger partial charge in [0.2, 0.25) is 6.79 Å². The molecule has 20 heavy (non-hydrogen) atoms. The zero-order chi connectivity index (χ0) is 14.5. The van der Waals surface area contributed by atoms with E-state index >= 15 is 0 Å². The quantitative estimate of drug-likeness (QED) is 0.831. The number of hydrogen-bond donors (Lipinski definition) is 1. The Morgan fingerprint density at radius 2 is 2.05 bits per heavy atom. The van der Waals surface area contributed by atoms with Crippen molar-refractivity contribution in [3.63, 3.8) is 0 Å². The van der Waals surface area contributed by atoms with Crippen LogP contribution >= 0.6 is 0 Å². The molecule has 1 heterocycles. The number of nitrogens with zero attached hydrogens (tertiary/aromatic N) is 1. The van der Waals surface area contributed by atoms with Crippen LogP contribution in [0, 0.1) is 0 Å². The highest BCUT2D eigenvalue weighted by Gasteiger charge is 2.19. The van der Waals surface area contributed by atoms with Gasteiger partial charge < -0.3 is 19.7 Å². The molecule has 2 rings (SSSR count). The maximum absolute atomic E-state index is 5.46. The van der Waals surface area contributed by atoms with Gasteiger partial charge in [-0.2, -0.15) is 0 Å². The number of nitrogens with one attached hydrogen (secondary N) is 1. The van der Waals surface area contributed by atoms with Crippen molar-refractivity contribution < 1.29 is 9.47 Å². The van der Waals surface area contributed by atoms with Gasteiger partial charge in [-0.3, -0.25) is 0 Å². The van der Waals surface area contributed by atoms with Crippen molar-refractivity contribution >= 4 is 0 Å². The van der Waals surface area contributed by atoms with Gasteiger partial charge in [0.25, 0.3) is 0 Å². The van der Waals surface area contributed by atoms with E-state index in [9.17, 15) is 0 Å². The monoisotopic (exact) mass is 278 g/mol. The summed E-state index contributed by atoms with van der Waals surface area (Å²) >= 11 is 0. The fourth-order valence-corrected chi connectivity index (χ4v) is 2.60. The zero-order valence-corrected chi connectivity index (χ0v) is 13.0. The van der Waals surface area contributed by atoms with Crippen LogP contribution in [-0.2, 0) is 0 Å². The number of fused-ring (bicyclic) bond motifs is 1. The minimum absolute atomic E-state index is 0.300. The molecule has 4 heteroatoms. The molecule has 2 unspecified atom stereocenters. The predicted octanol–water partition coefficient (Wildman–Crippen LogP) is 2.80. The lowest BCUT2D eigenvalue weighted by atomic mass is 10.0. The van der Waals surface area contributed by atoms with E-state index in [4.69, 9.17) is 9.47 Å². The summed E-state index contributed by atoms with van der Waals surface area (Å²) in [5, 5.41) is 3.40. The van der Waals surface area contributed by atoms with Gasteiger partial charge in [0.15, 0.2) is 11.5 Å². The molecule has 0 amide bonds. The molecule has 0 aliphatic carbocycles. The SMILES string of the molecule is CCCC(C)N(C)CC(NC)c1ccc2c(c1)OCO2. The van der Waals surface area contributed by atoms with Crippen molar-refractivity contribution in [1.29, 1.82) is 0 Å². The molecule has 1 aliphatic heterocycles. The molecule has 1 N–H and O–H groups in total. The Labute approximate surface area is 122 Å². The van der Waals surface area contributed by atoms with E-state index in [-0.39, 0.29) is 0 Å². The maximum atomic E-state index is 5.46. The number of likely N-dealkylation sites (N-methyl/N-ethyl adjacent to an activating group) is 2. The highest BCUT2D eigenvalue weighted by Crippen LogP contribution is 2.34. The van der Waals surface area contributed by atoms with Crippen molar-refractivity contribution in [1.82, 2.24) is 10.2 Å². The molecular formula is C16H26N2O2. The first-order valence-corrected chi connectivity index (χ1v) is 7.42. The molecule has 0 aromatic heterocycles. The van der Waals surface area contributed by atoms with E-state index in [1.807, 2.05) is 13.1 Å². The van der Waals surface area contributed by atoms with Crippen molar-refractivity contribution in [3.8, 4) is 11.5 Å². The lowest BCUT2D eigenvalue weighted by Crippen LogP contribution is -2.36. The second-order valence-corrected chi connectivity index (χ2v) is 5.53. The topological polar surface area (TPSA) is 33.7 Å². The van der Waals surface area contributed by atoms with E-state index in [0.717, 1.165) is 18.0 Å². The average Bonchev–Trinajstić information content (AvgIpc) is 2.92. The number of benzene rings is 1. The van der Waals surface area contributed by atoms with E-state index in [1.54, 1.807) is 0 Å². The Morgan fingerprint density at radius 1 is 1.30 bits per heavy atom. The summed E-state index contributed by atoms with van der Waals surface area (Å²) in [7, 11) is 4.20. The third-order valence-electron chi connectivity index (χ3n) is 4.08. The van der Waals surface area contributed by atoms with Crippen LogP contribution in [0.3, 0.4) is 0 Å². The Hall–Kier alpha value is -1.26. The number of hydrogen-bond acceptors (Lipinski definition) is 4. The fourth-order valence-electron chi connectivity index (χ4n) is 2.60. The normalized spacial score (nSPS) is 16.4. The van der Waals surface area contributed by atoms with Gasteiger partial charge in [-0.15, -0.1) is 0 Å². The second kappa shape index (κ2) is 6.95. The summed E-state index contributed by atoms with van der Waals surface area (Å²) in [6.45, 7) is 5.83. The zero-order valence-electron chi connectivity index (χ0n) is 13.0. The Kier molecular flexibility index (Phi) is 5.26. The van der Waals surface area contributed by atoms with Crippen LogP contribution in [0.1, 0.15) is 38.3 Å². The summed E-state index contributed by atoms with van der Waals surface area (Å²) in [5.41, 5.74) is 1.24. The minimum Gasteiger partial charge on any atom is -0.454 e. The van der Waals surface area contributed by atoms with Crippen LogP contribution in [0.25, 0.3) is 0 Å². The molecule has 2 atom stereocenters. The summed E-state index contributed by atoms with van der Waals surface area (Å²) in [6.07, 6.45) is 2.45. The minimum atomic E-state index is 0.300. The molecule has 0 radical (unpaired) electrons. The third-order valence-corrected chi connectivity index (χ3v) is 4.08. The fraction of sp³-hybridized carbons (Fsp3) is 0.625. The van der Waals surface area contributed by atoms with Crippen LogP contribution in [0.4, 0.5) is 0 Å². The summed E-state index contributed by atoms with van der Waals surface area (Å²) < 4.78 is 10.8. The Bertz CT molecular complexity index is 436. The molecule has 112 valence electrons. The van der Waals surface area contributed by atoms with Crippen LogP contribution in [0.5, 0.6) is 11.5 Å². The van der Waals surface area contributed by atoms with Gasteiger partial charge in [-0.05, 0) is 45.1 Å². The summed E-state index contributed by atoms with van der Waals surface area (Å²) in [4.78, 5) is 2.41. The molecule has 4 nitrogen and oxygen atoms in total. The lowest BCUT2D eigenvalue weighted by Gasteiger charge is -2.29. The van der Waals surface area contributed by atoms with E-state index < -0.39 is 0 Å². The van der Waals surface area contributed by atoms with E-state index in [1.165, 1.54) is 18.4 Å². The van der Waals surface area contributed by atoms with E-state index in [2.05, 4.69) is 43.2 Å². The van der Waals surface area contributed by atoms with Gasteiger partial charge in [-0.25, -0.2) is 0 Å². The molecule has 1 aromatic rings. The van der Waals surface area contributed by atoms with Crippen LogP contribution < -0.4 is 14.8 Å². The first-order chi connectivity index (χ1) is 9.65. The van der Waals surface area contributed by atoms with Crippen molar-refractivity contribution in [2.75, 3.05) is 27.4 Å². The van der Waals surface area contributed by atoms with Gasteiger partial charge >= 0.3 is 0 Å². The maximum Gasteiger partial charge on any atom is 0.231 e. The van der Waals surface area contributed by atoms with Crippen LogP contribution in [-0.4, -0.2) is 38.4 Å². The molecule has 1 aromatic carbocycles. The summed E-state index contributed by atoms with van der Waals surface area (Å²) in [6, 6.07) is 7.10. The lowest BCUT2D eigenvalue weighted by molar-refractivity contribution is 0.174. The second-order valence-electron chi connectivity index (χ2n) is 5.53. The summed E-state index contributed by atoms with van der Waals surface area (Å²) in [5.74, 6) is 1.70. The first kappa shape index (κ1) is 15.1. The molecular weight excluding hydrogens is 252 g/mol. The average molecular weight is 278 g/mol. The van der Waals surface area contributed by atoms with E-state index in [0.29, 0.717) is 18.9 Å². The molecule has 1 aliphatic rings. The Morgan fingerprint density at radius 3 is 2.75 bits per heavy atom. The van der Waals surface area contributed by atoms with Crippen molar-refractivity contribution in [2.45, 2.75) is 38.8 Å². The van der Waals surface area contributed by atoms with Crippen LogP contribution in [0.2, 0.25) is 0 Å². The Balaban J connectivity index is 2.04. The van der Waals surface area contributed by atoms with Crippen LogP contribution in [0.15, 0.2) is 18.2 Å². The first-order valence-electron chi connectivity index (χ1n) is 7.42. The highest BCUT2D eigenvalue weighted by atomic mass is 16.7. The molecule has 0 fully saturated rings. The number of rotatable bonds is 7. The smallest absolute Gasteiger partial charge is 0.231 e. The van der Waals surface area contributed by atoms with Gasteiger partial charge in [0.1, 0.15) is 0 Å². The third kappa shape index (κ3) is 3.44. The molecule has 0 saturated carbocycles. The van der Waals surface area contributed by atoms with Crippen molar-refractivity contribution in [3.05, 3.63) is 23.8 Å². The van der Waals surface area contributed by atoms with Gasteiger partial charge in [0, 0.05) is 18.6 Å². The molecule has 0 bridgehead atoms. The predicted molar refractivity (Wildman–Crippen MR) is 81.4 cm³/mol. The van der Waals surface area contributed by atoms with Crippen molar-refractivity contribution in [2.24, 2.45) is 0 Å². The van der Waals surface area contributed by atoms with Gasteiger partial charge in [-0.1, -0.05) is 19.4 Å². The molecule has 0 saturated heterocycles. The number of ether oxygens (including phenoxy) is 2. The highest BCUT2D eigenvalue weighted by molar-refractivity contribution is 5.45.